The summed E-state index contributed by atoms with van der Waals surface area (Å²) < 4.78 is 0.645. The van der Waals surface area contributed by atoms with Crippen LogP contribution in [0.15, 0.2) is 59.7 Å². The predicted molar refractivity (Wildman–Crippen MR) is 144 cm³/mol. The van der Waals surface area contributed by atoms with Crippen LogP contribution in [-0.2, 0) is 24.7 Å². The van der Waals surface area contributed by atoms with Gasteiger partial charge >= 0.3 is 137 Å². The van der Waals surface area contributed by atoms with E-state index < -0.39 is 8.07 Å². The number of halogens is 2. The summed E-state index contributed by atoms with van der Waals surface area (Å²) in [6, 6.07) is 18.2. The van der Waals surface area contributed by atoms with Crippen LogP contribution in [0.3, 0.4) is 0 Å². The molecule has 0 saturated carbocycles. The maximum atomic E-state index is 2.52. The van der Waals surface area contributed by atoms with Gasteiger partial charge in [0, 0.05) is 15.3 Å². The van der Waals surface area contributed by atoms with E-state index in [1.54, 1.807) is 45.9 Å². The molecule has 181 valence electrons. The Labute approximate surface area is 244 Å². The maximum Gasteiger partial charge on any atom is -1.00 e. The molecule has 7 rings (SSSR count). The average molecular weight is 616 g/mol. The summed E-state index contributed by atoms with van der Waals surface area (Å²) in [5, 5.41) is 1.77. The van der Waals surface area contributed by atoms with Gasteiger partial charge in [0.15, 0.2) is 0 Å². The van der Waals surface area contributed by atoms with Gasteiger partial charge in [-0.05, 0) is 25.5 Å². The first-order chi connectivity index (χ1) is 15.6. The van der Waals surface area contributed by atoms with Crippen molar-refractivity contribution in [1.29, 1.82) is 0 Å². The molecule has 2 bridgehead atoms. The molecule has 0 fully saturated rings. The molecule has 0 saturated heterocycles. The second-order valence-electron chi connectivity index (χ2n) is 10.8. The van der Waals surface area contributed by atoms with Gasteiger partial charge < -0.3 is 24.8 Å². The quantitative estimate of drug-likeness (QED) is 0.389. The number of allylic oxidation sites excluding steroid dienone is 2. The third kappa shape index (κ3) is 4.70. The van der Waals surface area contributed by atoms with Crippen molar-refractivity contribution in [3.8, 4) is 11.1 Å². The second kappa shape index (κ2) is 10.6. The first-order valence-electron chi connectivity index (χ1n) is 12.1. The van der Waals surface area contributed by atoms with E-state index in [-0.39, 0.29) is 24.8 Å². The molecule has 0 amide bonds. The maximum absolute atomic E-state index is 2.52. The Hall–Kier alpha value is -0.700. The Morgan fingerprint density at radius 1 is 0.914 bits per heavy atom. The van der Waals surface area contributed by atoms with Gasteiger partial charge in [-0.2, -0.15) is 0 Å². The number of hydrogen-bond donors (Lipinski definition) is 0. The molecule has 0 nitrogen and oxygen atoms in total. The van der Waals surface area contributed by atoms with Gasteiger partial charge in [-0.1, -0.05) is 23.9 Å². The summed E-state index contributed by atoms with van der Waals surface area (Å²) in [4.78, 5) is 3.19. The van der Waals surface area contributed by atoms with Crippen molar-refractivity contribution in [1.82, 2.24) is 0 Å². The molecule has 2 aromatic carbocycles. The first kappa shape index (κ1) is 28.9. The summed E-state index contributed by atoms with van der Waals surface area (Å²) in [5.74, 6) is 0.594. The molecule has 2 atom stereocenters. The van der Waals surface area contributed by atoms with Gasteiger partial charge in [0.05, 0.1) is 8.07 Å². The van der Waals surface area contributed by atoms with E-state index in [9.17, 15) is 0 Å². The Balaban J connectivity index is 0.000000199. The zero-order chi connectivity index (χ0) is 23.7. The summed E-state index contributed by atoms with van der Waals surface area (Å²) in [7, 11) is -0.995. The number of benzene rings is 2. The number of aryl methyl sites for hydroxylation is 1. The van der Waals surface area contributed by atoms with Gasteiger partial charge in [-0.15, -0.1) is 11.3 Å². The summed E-state index contributed by atoms with van der Waals surface area (Å²) >= 11 is 3.61. The molecule has 3 aromatic rings. The predicted octanol–water partition coefficient (Wildman–Crippen LogP) is 3.22. The fraction of sp³-hybridized carbons (Fsp3) is 0.333. The normalized spacial score (nSPS) is 20.1. The molecule has 1 aromatic heterocycles. The minimum Gasteiger partial charge on any atom is -1.00 e. The zero-order valence-electron chi connectivity index (χ0n) is 21.6. The van der Waals surface area contributed by atoms with Crippen LogP contribution in [0, 0.1) is 6.92 Å². The van der Waals surface area contributed by atoms with Crippen LogP contribution in [0.2, 0.25) is 13.1 Å². The Morgan fingerprint density at radius 2 is 1.57 bits per heavy atom. The van der Waals surface area contributed by atoms with Crippen LogP contribution in [0.1, 0.15) is 74.8 Å². The van der Waals surface area contributed by atoms with Crippen molar-refractivity contribution in [3.05, 3.63) is 91.7 Å². The van der Waals surface area contributed by atoms with Crippen molar-refractivity contribution >= 4 is 30.7 Å². The molecular weight excluding hydrogens is 583 g/mol. The molecule has 3 heterocycles. The fourth-order valence-corrected chi connectivity index (χ4v) is 13.4. The standard InChI is InChI=1S/C19H19.C11H14SSi.2ClH.Zr/c1-13(2)15-7-9-16(10-8-15)18-6-4-5-17-11-14(3)12-19(17)18;1-6-5-8-9(12-6)11-7(2)10(8)13(11,3)4;;;/h4-13H,1-3H3;5,11H,1-4H3;2*1H;/q;;;;+2/p-2. The third-order valence-corrected chi connectivity index (χ3v) is 15.1. The Kier molecular flexibility index (Phi) is 8.73. The Bertz CT molecular complexity index is 1310. The van der Waals surface area contributed by atoms with Gasteiger partial charge in [0.25, 0.3) is 0 Å². The molecule has 35 heavy (non-hydrogen) atoms. The minimum absolute atomic E-state index is 0. The molecule has 4 aliphatic rings. The number of hydrogen-bond acceptors (Lipinski definition) is 1. The summed E-state index contributed by atoms with van der Waals surface area (Å²) in [6.45, 7) is 16.3. The number of fused-ring (bicyclic) bond motifs is 1. The van der Waals surface area contributed by atoms with E-state index in [0.29, 0.717) is 9.54 Å². The molecule has 2 aliphatic heterocycles. The van der Waals surface area contributed by atoms with Gasteiger partial charge in [-0.3, -0.25) is 0 Å². The smallest absolute Gasteiger partial charge is 1.00 e. The van der Waals surface area contributed by atoms with Crippen molar-refractivity contribution < 1.29 is 49.5 Å². The van der Waals surface area contributed by atoms with Crippen molar-refractivity contribution in [2.45, 2.75) is 62.8 Å². The SMILES string of the molecule is CC1=C2c3cc(C)sc3C1[Si]2(C)C.CC1=Cc2c(-c3ccc(C(C)C)cc3)cccc2[CH]1[Zr+2].[Cl-].[Cl-]. The molecule has 2 unspecified atom stereocenters. The van der Waals surface area contributed by atoms with E-state index >= 15 is 0 Å². The van der Waals surface area contributed by atoms with E-state index in [1.807, 2.05) is 11.3 Å². The van der Waals surface area contributed by atoms with Crippen LogP contribution in [0.4, 0.5) is 0 Å². The topological polar surface area (TPSA) is 0 Å². The van der Waals surface area contributed by atoms with Crippen LogP contribution in [0.25, 0.3) is 22.4 Å². The van der Waals surface area contributed by atoms with E-state index in [0.717, 1.165) is 5.54 Å². The molecule has 5 heteroatoms. The fourth-order valence-electron chi connectivity index (χ4n) is 6.14. The van der Waals surface area contributed by atoms with Gasteiger partial charge in [0.2, 0.25) is 0 Å². The summed E-state index contributed by atoms with van der Waals surface area (Å²) in [6.07, 6.45) is 2.38. The van der Waals surface area contributed by atoms with E-state index in [1.165, 1.54) is 38.3 Å². The molecule has 0 radical (unpaired) electrons. The Morgan fingerprint density at radius 3 is 2.14 bits per heavy atom. The van der Waals surface area contributed by atoms with Gasteiger partial charge in [-0.25, -0.2) is 0 Å². The van der Waals surface area contributed by atoms with E-state index in [2.05, 4.69) is 102 Å². The summed E-state index contributed by atoms with van der Waals surface area (Å²) in [5.41, 5.74) is 12.8. The first-order valence-corrected chi connectivity index (χ1v) is 17.4. The average Bonchev–Trinajstić information content (AvgIpc) is 3.42. The van der Waals surface area contributed by atoms with E-state index in [4.69, 9.17) is 0 Å². The van der Waals surface area contributed by atoms with Crippen LogP contribution in [-0.4, -0.2) is 8.07 Å². The van der Waals surface area contributed by atoms with Crippen molar-refractivity contribution in [2.75, 3.05) is 0 Å². The zero-order valence-corrected chi connectivity index (χ0v) is 27.4. The van der Waals surface area contributed by atoms with Crippen LogP contribution < -0.4 is 24.8 Å². The third-order valence-electron chi connectivity index (χ3n) is 7.78. The molecular formula is C30H33Cl2SSiZr. The molecule has 0 spiro atoms. The van der Waals surface area contributed by atoms with Crippen LogP contribution >= 0.6 is 11.3 Å². The van der Waals surface area contributed by atoms with Gasteiger partial charge in [0.1, 0.15) is 0 Å². The van der Waals surface area contributed by atoms with Crippen molar-refractivity contribution in [2.24, 2.45) is 0 Å². The van der Waals surface area contributed by atoms with Crippen LogP contribution in [0.5, 0.6) is 0 Å². The largest absolute Gasteiger partial charge is 1.00 e. The van der Waals surface area contributed by atoms with Crippen molar-refractivity contribution in [3.63, 3.8) is 0 Å². The minimum atomic E-state index is -0.995. The molecule has 2 aliphatic carbocycles. The number of rotatable bonds is 2. The molecule has 0 N–H and O–H groups in total. The monoisotopic (exact) mass is 613 g/mol. The second-order valence-corrected chi connectivity index (χ2v) is 18.0. The number of thiophene rings is 1.